The van der Waals surface area contributed by atoms with Gasteiger partial charge in [-0.25, -0.2) is 18.5 Å². The number of nitrogens with zero attached hydrogens (tertiary/aromatic N) is 3. The molecule has 1 aliphatic heterocycles. The zero-order valence-corrected chi connectivity index (χ0v) is 19.2. The van der Waals surface area contributed by atoms with Gasteiger partial charge in [0.05, 0.1) is 54.5 Å². The number of benzene rings is 2. The number of aromatic nitrogens is 2. The second-order valence-electron chi connectivity index (χ2n) is 7.48. The van der Waals surface area contributed by atoms with E-state index >= 15 is 0 Å². The smallest absolute Gasteiger partial charge is 0.221 e. The normalized spacial score (nSPS) is 13.3. The van der Waals surface area contributed by atoms with Crippen LogP contribution in [-0.2, 0) is 29.7 Å². The zero-order chi connectivity index (χ0) is 22.7. The largest absolute Gasteiger partial charge is 0.481 e. The minimum Gasteiger partial charge on any atom is -0.481 e. The third-order valence-electron chi connectivity index (χ3n) is 5.23. The van der Waals surface area contributed by atoms with Crippen molar-refractivity contribution in [2.75, 3.05) is 24.3 Å². The predicted molar refractivity (Wildman–Crippen MR) is 125 cm³/mol. The van der Waals surface area contributed by atoms with Gasteiger partial charge in [-0.3, -0.25) is 0 Å². The molecular formula is C22H24ClN5O3S. The van der Waals surface area contributed by atoms with E-state index < -0.39 is 10.0 Å². The fourth-order valence-electron chi connectivity index (χ4n) is 3.71. The Labute approximate surface area is 192 Å². The molecule has 1 aliphatic rings. The van der Waals surface area contributed by atoms with Gasteiger partial charge in [0.2, 0.25) is 15.9 Å². The van der Waals surface area contributed by atoms with Crippen LogP contribution in [0.1, 0.15) is 17.1 Å². The number of rotatable bonds is 8. The van der Waals surface area contributed by atoms with Crippen LogP contribution < -0.4 is 20.1 Å². The van der Waals surface area contributed by atoms with Crippen molar-refractivity contribution in [1.82, 2.24) is 15.3 Å². The van der Waals surface area contributed by atoms with Crippen LogP contribution in [-0.4, -0.2) is 37.8 Å². The predicted octanol–water partition coefficient (Wildman–Crippen LogP) is 2.70. The summed E-state index contributed by atoms with van der Waals surface area (Å²) < 4.78 is 27.7. The quantitative estimate of drug-likeness (QED) is 0.484. The Kier molecular flexibility index (Phi) is 6.61. The van der Waals surface area contributed by atoms with Crippen molar-refractivity contribution >= 4 is 27.3 Å². The first-order chi connectivity index (χ1) is 15.4. The summed E-state index contributed by atoms with van der Waals surface area (Å²) >= 11 is 6.81. The summed E-state index contributed by atoms with van der Waals surface area (Å²) in [7, 11) is -1.94. The van der Waals surface area contributed by atoms with Crippen LogP contribution in [0.2, 0.25) is 5.02 Å². The molecule has 2 heterocycles. The summed E-state index contributed by atoms with van der Waals surface area (Å²) in [5.74, 6) is 0.885. The van der Waals surface area contributed by atoms with Crippen molar-refractivity contribution in [3.8, 4) is 17.0 Å². The first kappa shape index (κ1) is 22.5. The van der Waals surface area contributed by atoms with Gasteiger partial charge in [0.25, 0.3) is 0 Å². The molecule has 0 unspecified atom stereocenters. The van der Waals surface area contributed by atoms with Gasteiger partial charge in [0, 0.05) is 12.1 Å². The molecule has 2 aromatic carbocycles. The van der Waals surface area contributed by atoms with E-state index in [2.05, 4.69) is 20.2 Å². The molecule has 4 rings (SSSR count). The number of fused-ring (bicyclic) bond motifs is 1. The highest BCUT2D eigenvalue weighted by Gasteiger charge is 2.28. The van der Waals surface area contributed by atoms with Crippen molar-refractivity contribution in [2.45, 2.75) is 19.6 Å². The van der Waals surface area contributed by atoms with E-state index in [0.29, 0.717) is 36.4 Å². The lowest BCUT2D eigenvalue weighted by Crippen LogP contribution is -2.27. The van der Waals surface area contributed by atoms with Crippen molar-refractivity contribution < 1.29 is 13.2 Å². The van der Waals surface area contributed by atoms with Crippen LogP contribution in [0.5, 0.6) is 5.88 Å². The van der Waals surface area contributed by atoms with Gasteiger partial charge in [-0.05, 0) is 11.6 Å². The number of methoxy groups -OCH3 is 1. The average molecular weight is 474 g/mol. The Morgan fingerprint density at radius 2 is 1.91 bits per heavy atom. The topological polar surface area (TPSA) is 110 Å². The summed E-state index contributed by atoms with van der Waals surface area (Å²) in [6.07, 6.45) is 0. The van der Waals surface area contributed by atoms with Gasteiger partial charge >= 0.3 is 0 Å². The standard InChI is InChI=1S/C22H24ClN5O3S/c1-31-22-17-13-28(14-18(17)26-20(27-22)12-25-10-11-32(24,29)30)19-9-5-8-16(21(19)23)15-6-3-2-4-7-15/h2-9,25H,10-14H2,1H3,(H2,24,29,30). The highest BCUT2D eigenvalue weighted by molar-refractivity contribution is 7.89. The molecule has 0 atom stereocenters. The lowest BCUT2D eigenvalue weighted by Gasteiger charge is -2.20. The van der Waals surface area contributed by atoms with Crippen LogP contribution in [0.3, 0.4) is 0 Å². The van der Waals surface area contributed by atoms with E-state index in [4.69, 9.17) is 21.5 Å². The SMILES string of the molecule is COc1nc(CNCCS(N)(=O)=O)nc2c1CN(c1cccc(-c3ccccc3)c1Cl)C2. The van der Waals surface area contributed by atoms with Gasteiger partial charge in [-0.2, -0.15) is 4.98 Å². The maximum Gasteiger partial charge on any atom is 0.221 e. The molecule has 0 radical (unpaired) electrons. The molecule has 32 heavy (non-hydrogen) atoms. The van der Waals surface area contributed by atoms with Crippen LogP contribution in [0.25, 0.3) is 11.1 Å². The lowest BCUT2D eigenvalue weighted by atomic mass is 10.0. The van der Waals surface area contributed by atoms with E-state index in [1.165, 1.54) is 0 Å². The van der Waals surface area contributed by atoms with Crippen molar-refractivity contribution in [3.05, 3.63) is 70.6 Å². The summed E-state index contributed by atoms with van der Waals surface area (Å²) in [5.41, 5.74) is 4.73. The molecule has 3 N–H and O–H groups in total. The molecule has 0 aliphatic carbocycles. The Morgan fingerprint density at radius 1 is 1.12 bits per heavy atom. The van der Waals surface area contributed by atoms with E-state index in [0.717, 1.165) is 28.1 Å². The Hall–Kier alpha value is -2.72. The van der Waals surface area contributed by atoms with Gasteiger partial charge in [0.15, 0.2) is 0 Å². The first-order valence-corrected chi connectivity index (χ1v) is 12.2. The molecule has 168 valence electrons. The van der Waals surface area contributed by atoms with Gasteiger partial charge in [0.1, 0.15) is 5.82 Å². The average Bonchev–Trinajstić information content (AvgIpc) is 3.20. The minimum atomic E-state index is -3.51. The monoisotopic (exact) mass is 473 g/mol. The van der Waals surface area contributed by atoms with E-state index in [-0.39, 0.29) is 12.3 Å². The van der Waals surface area contributed by atoms with Crippen molar-refractivity contribution in [3.63, 3.8) is 0 Å². The highest BCUT2D eigenvalue weighted by Crippen LogP contribution is 2.40. The third-order valence-corrected chi connectivity index (χ3v) is 6.40. The second kappa shape index (κ2) is 9.41. The minimum absolute atomic E-state index is 0.154. The Balaban J connectivity index is 1.55. The molecule has 0 spiro atoms. The molecule has 0 fully saturated rings. The number of nitrogens with two attached hydrogens (primary N) is 1. The first-order valence-electron chi connectivity index (χ1n) is 10.1. The van der Waals surface area contributed by atoms with Crippen LogP contribution in [0.15, 0.2) is 48.5 Å². The number of hydrogen-bond acceptors (Lipinski definition) is 7. The van der Waals surface area contributed by atoms with Gasteiger partial charge in [-0.1, -0.05) is 54.1 Å². The fraction of sp³-hybridized carbons (Fsp3) is 0.273. The molecule has 0 amide bonds. The zero-order valence-electron chi connectivity index (χ0n) is 17.6. The van der Waals surface area contributed by atoms with E-state index in [1.54, 1.807) is 7.11 Å². The van der Waals surface area contributed by atoms with Crippen molar-refractivity contribution in [2.24, 2.45) is 5.14 Å². The van der Waals surface area contributed by atoms with Gasteiger partial charge < -0.3 is 15.0 Å². The van der Waals surface area contributed by atoms with E-state index in [9.17, 15) is 8.42 Å². The molecule has 0 saturated carbocycles. The number of hydrogen-bond donors (Lipinski definition) is 2. The number of sulfonamides is 1. The summed E-state index contributed by atoms with van der Waals surface area (Å²) in [6, 6.07) is 16.0. The van der Waals surface area contributed by atoms with Crippen LogP contribution in [0.4, 0.5) is 5.69 Å². The molecule has 8 nitrogen and oxygen atoms in total. The Bertz CT molecular complexity index is 1220. The lowest BCUT2D eigenvalue weighted by molar-refractivity contribution is 0.389. The number of halogens is 1. The summed E-state index contributed by atoms with van der Waals surface area (Å²) in [6.45, 7) is 1.67. The number of ether oxygens (including phenoxy) is 1. The molecule has 0 saturated heterocycles. The summed E-state index contributed by atoms with van der Waals surface area (Å²) in [4.78, 5) is 11.3. The number of nitrogens with one attached hydrogen (secondary N) is 1. The van der Waals surface area contributed by atoms with E-state index in [1.807, 2.05) is 48.5 Å². The third kappa shape index (κ3) is 5.02. The molecule has 0 bridgehead atoms. The fourth-order valence-corrected chi connectivity index (χ4v) is 4.49. The van der Waals surface area contributed by atoms with Crippen molar-refractivity contribution in [1.29, 1.82) is 0 Å². The molecule has 1 aromatic heterocycles. The van der Waals surface area contributed by atoms with Crippen LogP contribution in [0, 0.1) is 0 Å². The maximum absolute atomic E-state index is 11.1. The number of anilines is 1. The molecular weight excluding hydrogens is 450 g/mol. The number of primary sulfonamides is 1. The maximum atomic E-state index is 11.1. The molecule has 10 heteroatoms. The van der Waals surface area contributed by atoms with Gasteiger partial charge in [-0.15, -0.1) is 0 Å². The molecule has 3 aromatic rings. The Morgan fingerprint density at radius 3 is 2.62 bits per heavy atom. The second-order valence-corrected chi connectivity index (χ2v) is 9.59. The summed E-state index contributed by atoms with van der Waals surface area (Å²) in [5, 5.41) is 8.72. The van der Waals surface area contributed by atoms with Crippen LogP contribution >= 0.6 is 11.6 Å². The highest BCUT2D eigenvalue weighted by atomic mass is 35.5.